The first-order valence-corrected chi connectivity index (χ1v) is 8.83. The van der Waals surface area contributed by atoms with Crippen LogP contribution in [0.25, 0.3) is 0 Å². The van der Waals surface area contributed by atoms with Gasteiger partial charge >= 0.3 is 0 Å². The molecule has 0 aliphatic rings. The van der Waals surface area contributed by atoms with Crippen LogP contribution in [0.2, 0.25) is 0 Å². The zero-order valence-corrected chi connectivity index (χ0v) is 16.0. The minimum atomic E-state index is -0.431. The van der Waals surface area contributed by atoms with Crippen molar-refractivity contribution < 1.29 is 9.59 Å². The number of carbonyl (C=O) groups excluding carboxylic acids is 2. The zero-order valence-electron chi connectivity index (χ0n) is 16.0. The Labute approximate surface area is 168 Å². The van der Waals surface area contributed by atoms with Crippen LogP contribution in [0.15, 0.2) is 66.9 Å². The fraction of sp³-hybridized carbons (Fsp3) is 0.0909. The topological polar surface area (TPSA) is 98.1 Å². The molecule has 0 aliphatic carbocycles. The molecular weight excluding hydrogens is 366 g/mol. The number of para-hydroxylation sites is 1. The normalized spacial score (nSPS) is 9.97. The third-order valence-electron chi connectivity index (χ3n) is 4.19. The summed E-state index contributed by atoms with van der Waals surface area (Å²) >= 11 is 0. The van der Waals surface area contributed by atoms with E-state index in [9.17, 15) is 9.59 Å². The van der Waals surface area contributed by atoms with Crippen molar-refractivity contribution in [3.8, 4) is 6.07 Å². The average Bonchev–Trinajstić information content (AvgIpc) is 2.74. The number of nitrogens with one attached hydrogen (secondary N) is 2. The first-order valence-electron chi connectivity index (χ1n) is 8.83. The number of nitriles is 1. The molecule has 144 valence electrons. The Bertz CT molecular complexity index is 1080. The van der Waals surface area contributed by atoms with E-state index < -0.39 is 11.8 Å². The third kappa shape index (κ3) is 4.76. The van der Waals surface area contributed by atoms with E-state index in [1.807, 2.05) is 37.2 Å². The lowest BCUT2D eigenvalue weighted by Gasteiger charge is -2.13. The molecule has 3 aromatic rings. The van der Waals surface area contributed by atoms with Crippen LogP contribution in [0.1, 0.15) is 26.4 Å². The molecule has 3 rings (SSSR count). The van der Waals surface area contributed by atoms with Gasteiger partial charge in [-0.2, -0.15) is 5.26 Å². The molecule has 0 saturated carbocycles. The highest BCUT2D eigenvalue weighted by Gasteiger charge is 2.13. The highest BCUT2D eigenvalue weighted by Crippen LogP contribution is 2.17. The molecule has 0 unspecified atom stereocenters. The van der Waals surface area contributed by atoms with Gasteiger partial charge in [0.05, 0.1) is 11.3 Å². The molecule has 0 aliphatic heterocycles. The molecule has 0 fully saturated rings. The van der Waals surface area contributed by atoms with Crippen LogP contribution in [0, 0.1) is 11.3 Å². The molecular formula is C22H19N5O2. The maximum atomic E-state index is 12.5. The van der Waals surface area contributed by atoms with E-state index in [-0.39, 0.29) is 11.3 Å². The van der Waals surface area contributed by atoms with E-state index in [4.69, 9.17) is 5.26 Å². The highest BCUT2D eigenvalue weighted by molar-refractivity contribution is 6.08. The zero-order chi connectivity index (χ0) is 20.8. The molecule has 7 heteroatoms. The van der Waals surface area contributed by atoms with Crippen molar-refractivity contribution in [2.45, 2.75) is 0 Å². The van der Waals surface area contributed by atoms with E-state index in [1.54, 1.807) is 36.4 Å². The summed E-state index contributed by atoms with van der Waals surface area (Å²) in [7, 11) is 3.87. The summed E-state index contributed by atoms with van der Waals surface area (Å²) in [6.07, 6.45) is 1.40. The Hall–Kier alpha value is -4.18. The number of carbonyl (C=O) groups is 2. The monoisotopic (exact) mass is 385 g/mol. The first-order chi connectivity index (χ1) is 14.0. The second-order valence-corrected chi connectivity index (χ2v) is 6.44. The van der Waals surface area contributed by atoms with Crippen LogP contribution < -0.4 is 15.5 Å². The number of hydrogen-bond donors (Lipinski definition) is 2. The van der Waals surface area contributed by atoms with Crippen LogP contribution in [-0.2, 0) is 0 Å². The summed E-state index contributed by atoms with van der Waals surface area (Å²) in [5.74, 6) is -0.853. The van der Waals surface area contributed by atoms with E-state index >= 15 is 0 Å². The van der Waals surface area contributed by atoms with Crippen molar-refractivity contribution in [1.82, 2.24) is 4.98 Å². The molecule has 0 saturated heterocycles. The standard InChI is InChI=1S/C22H19N5O2/c1-27(2)18-9-7-17(8-10-18)25-22(29)20-13-15(11-12-24-20)21(28)26-19-6-4-3-5-16(19)14-23/h3-13H,1-2H3,(H,25,29)(H,26,28). The van der Waals surface area contributed by atoms with Crippen LogP contribution in [0.3, 0.4) is 0 Å². The lowest BCUT2D eigenvalue weighted by Crippen LogP contribution is -2.17. The van der Waals surface area contributed by atoms with Gasteiger partial charge in [-0.3, -0.25) is 14.6 Å². The Morgan fingerprint density at radius 1 is 0.966 bits per heavy atom. The summed E-state index contributed by atoms with van der Waals surface area (Å²) in [6.45, 7) is 0. The predicted molar refractivity (Wildman–Crippen MR) is 112 cm³/mol. The minimum absolute atomic E-state index is 0.114. The van der Waals surface area contributed by atoms with Crippen LogP contribution >= 0.6 is 0 Å². The number of aromatic nitrogens is 1. The van der Waals surface area contributed by atoms with Gasteiger partial charge in [-0.05, 0) is 48.5 Å². The third-order valence-corrected chi connectivity index (χ3v) is 4.19. The second-order valence-electron chi connectivity index (χ2n) is 6.44. The summed E-state index contributed by atoms with van der Waals surface area (Å²) in [4.78, 5) is 31.0. The summed E-state index contributed by atoms with van der Waals surface area (Å²) in [5, 5.41) is 14.6. The predicted octanol–water partition coefficient (Wildman–Crippen LogP) is 3.52. The van der Waals surface area contributed by atoms with Crippen molar-refractivity contribution in [3.63, 3.8) is 0 Å². The minimum Gasteiger partial charge on any atom is -0.378 e. The van der Waals surface area contributed by atoms with Gasteiger partial charge in [0, 0.05) is 37.2 Å². The van der Waals surface area contributed by atoms with Gasteiger partial charge in [0.25, 0.3) is 11.8 Å². The summed E-state index contributed by atoms with van der Waals surface area (Å²) in [6, 6.07) is 19.0. The van der Waals surface area contributed by atoms with Gasteiger partial charge < -0.3 is 15.5 Å². The Morgan fingerprint density at radius 2 is 1.69 bits per heavy atom. The maximum Gasteiger partial charge on any atom is 0.274 e. The van der Waals surface area contributed by atoms with E-state index in [0.29, 0.717) is 16.9 Å². The Kier molecular flexibility index (Phi) is 5.85. The summed E-state index contributed by atoms with van der Waals surface area (Å²) < 4.78 is 0. The molecule has 2 aromatic carbocycles. The second kappa shape index (κ2) is 8.67. The molecule has 0 radical (unpaired) electrons. The van der Waals surface area contributed by atoms with Crippen LogP contribution in [0.5, 0.6) is 0 Å². The molecule has 29 heavy (non-hydrogen) atoms. The number of pyridine rings is 1. The summed E-state index contributed by atoms with van der Waals surface area (Å²) in [5.41, 5.74) is 2.78. The molecule has 2 amide bonds. The Balaban J connectivity index is 1.73. The highest BCUT2D eigenvalue weighted by atomic mass is 16.2. The number of rotatable bonds is 5. The SMILES string of the molecule is CN(C)c1ccc(NC(=O)c2cc(C(=O)Nc3ccccc3C#N)ccn2)cc1. The number of anilines is 3. The molecule has 2 N–H and O–H groups in total. The molecule has 0 atom stereocenters. The first kappa shape index (κ1) is 19.6. The van der Waals surface area contributed by atoms with E-state index in [0.717, 1.165) is 5.69 Å². The van der Waals surface area contributed by atoms with Crippen molar-refractivity contribution >= 4 is 28.9 Å². The van der Waals surface area contributed by atoms with Crippen molar-refractivity contribution in [3.05, 3.63) is 83.7 Å². The van der Waals surface area contributed by atoms with Gasteiger partial charge in [-0.15, -0.1) is 0 Å². The smallest absolute Gasteiger partial charge is 0.274 e. The molecule has 1 aromatic heterocycles. The maximum absolute atomic E-state index is 12.5. The van der Waals surface area contributed by atoms with Crippen LogP contribution in [0.4, 0.5) is 17.1 Å². The van der Waals surface area contributed by atoms with E-state index in [2.05, 4.69) is 15.6 Å². The van der Waals surface area contributed by atoms with Gasteiger partial charge in [-0.1, -0.05) is 12.1 Å². The number of nitrogens with zero attached hydrogens (tertiary/aromatic N) is 3. The molecule has 1 heterocycles. The van der Waals surface area contributed by atoms with Crippen molar-refractivity contribution in [1.29, 1.82) is 5.26 Å². The van der Waals surface area contributed by atoms with Gasteiger partial charge in [0.1, 0.15) is 11.8 Å². The van der Waals surface area contributed by atoms with Crippen molar-refractivity contribution in [2.24, 2.45) is 0 Å². The van der Waals surface area contributed by atoms with Crippen molar-refractivity contribution in [2.75, 3.05) is 29.6 Å². The van der Waals surface area contributed by atoms with Crippen LogP contribution in [-0.4, -0.2) is 30.9 Å². The van der Waals surface area contributed by atoms with Gasteiger partial charge in [0.15, 0.2) is 0 Å². The quantitative estimate of drug-likeness (QED) is 0.700. The van der Waals surface area contributed by atoms with Gasteiger partial charge in [-0.25, -0.2) is 0 Å². The molecule has 0 bridgehead atoms. The number of amides is 2. The largest absolute Gasteiger partial charge is 0.378 e. The molecule has 7 nitrogen and oxygen atoms in total. The number of benzene rings is 2. The van der Waals surface area contributed by atoms with Gasteiger partial charge in [0.2, 0.25) is 0 Å². The lowest BCUT2D eigenvalue weighted by atomic mass is 10.1. The Morgan fingerprint density at radius 3 is 2.38 bits per heavy atom. The molecule has 0 spiro atoms. The van der Waals surface area contributed by atoms with E-state index in [1.165, 1.54) is 18.3 Å². The fourth-order valence-electron chi connectivity index (χ4n) is 2.62. The number of hydrogen-bond acceptors (Lipinski definition) is 5. The fourth-order valence-corrected chi connectivity index (χ4v) is 2.62. The lowest BCUT2D eigenvalue weighted by molar-refractivity contribution is 0.102. The average molecular weight is 385 g/mol.